The van der Waals surface area contributed by atoms with Crippen molar-refractivity contribution < 1.29 is 14.8 Å². The summed E-state index contributed by atoms with van der Waals surface area (Å²) in [5.41, 5.74) is 0. The molecular weight excluding hydrogens is 130 g/mol. The van der Waals surface area contributed by atoms with E-state index in [0.717, 1.165) is 6.54 Å². The maximum Gasteiger partial charge on any atom is 0.223 e. The third kappa shape index (κ3) is 1.18. The lowest BCUT2D eigenvalue weighted by Crippen LogP contribution is -2.30. The van der Waals surface area contributed by atoms with E-state index >= 15 is 0 Å². The largest absolute Gasteiger partial charge is 0.504 e. The monoisotopic (exact) mass is 140 g/mol. The van der Waals surface area contributed by atoms with Gasteiger partial charge in [-0.3, -0.25) is 0 Å². The number of rotatable bonds is 1. The van der Waals surface area contributed by atoms with E-state index < -0.39 is 0 Å². The van der Waals surface area contributed by atoms with Crippen LogP contribution in [0.5, 0.6) is 11.5 Å². The number of aromatic hydroxyl groups is 2. The molecule has 0 amide bonds. The van der Waals surface area contributed by atoms with Gasteiger partial charge in [-0.25, -0.2) is 4.57 Å². The SMILES string of the molecule is CC[n+]1ccc(O)c(O)c1. The second-order valence-corrected chi connectivity index (χ2v) is 2.05. The molecule has 10 heavy (non-hydrogen) atoms. The van der Waals surface area contributed by atoms with E-state index in [1.807, 2.05) is 6.92 Å². The van der Waals surface area contributed by atoms with Crippen LogP contribution in [0.2, 0.25) is 0 Å². The van der Waals surface area contributed by atoms with Crippen molar-refractivity contribution in [1.29, 1.82) is 0 Å². The molecule has 0 aliphatic rings. The molecule has 0 spiro atoms. The first kappa shape index (κ1) is 6.86. The van der Waals surface area contributed by atoms with Crippen LogP contribution in [0.3, 0.4) is 0 Å². The lowest BCUT2D eigenvalue weighted by molar-refractivity contribution is -0.693. The number of nitrogens with zero attached hydrogens (tertiary/aromatic N) is 1. The molecule has 1 heterocycles. The zero-order valence-corrected chi connectivity index (χ0v) is 5.78. The molecule has 54 valence electrons. The minimum Gasteiger partial charge on any atom is -0.504 e. The van der Waals surface area contributed by atoms with Gasteiger partial charge in [0.25, 0.3) is 0 Å². The van der Waals surface area contributed by atoms with Crippen molar-refractivity contribution in [2.75, 3.05) is 0 Å². The summed E-state index contributed by atoms with van der Waals surface area (Å²) < 4.78 is 1.77. The minimum atomic E-state index is -0.0793. The molecule has 0 fully saturated rings. The van der Waals surface area contributed by atoms with Gasteiger partial charge in [0, 0.05) is 6.07 Å². The van der Waals surface area contributed by atoms with Crippen LogP contribution in [0.1, 0.15) is 6.92 Å². The molecular formula is C7H10NO2+. The number of aryl methyl sites for hydroxylation is 1. The Morgan fingerprint density at radius 2 is 2.10 bits per heavy atom. The quantitative estimate of drug-likeness (QED) is 0.555. The first-order chi connectivity index (χ1) is 4.74. The lowest BCUT2D eigenvalue weighted by atomic mass is 10.4. The zero-order chi connectivity index (χ0) is 7.56. The third-order valence-corrected chi connectivity index (χ3v) is 1.34. The van der Waals surface area contributed by atoms with E-state index in [0.29, 0.717) is 0 Å². The molecule has 1 aromatic rings. The third-order valence-electron chi connectivity index (χ3n) is 1.34. The van der Waals surface area contributed by atoms with Crippen LogP contribution < -0.4 is 4.57 Å². The van der Waals surface area contributed by atoms with Crippen molar-refractivity contribution in [3.05, 3.63) is 18.5 Å². The summed E-state index contributed by atoms with van der Waals surface area (Å²) in [6.07, 6.45) is 3.18. The van der Waals surface area contributed by atoms with Gasteiger partial charge in [0.05, 0.1) is 0 Å². The first-order valence-electron chi connectivity index (χ1n) is 3.15. The Hall–Kier alpha value is -1.25. The van der Waals surface area contributed by atoms with Crippen LogP contribution in [-0.4, -0.2) is 10.2 Å². The van der Waals surface area contributed by atoms with Crippen molar-refractivity contribution in [2.24, 2.45) is 0 Å². The molecule has 0 saturated carbocycles. The number of aromatic nitrogens is 1. The lowest BCUT2D eigenvalue weighted by Gasteiger charge is -1.94. The average molecular weight is 140 g/mol. The molecule has 0 aliphatic heterocycles. The standard InChI is InChI=1S/C7H9NO2/c1-2-8-4-3-6(9)7(10)5-8/h3-5,10H,2H2,1H3/p+1. The van der Waals surface area contributed by atoms with E-state index in [4.69, 9.17) is 10.2 Å². The molecule has 3 nitrogen and oxygen atoms in total. The fourth-order valence-corrected chi connectivity index (χ4v) is 0.715. The highest BCUT2D eigenvalue weighted by Gasteiger charge is 2.03. The summed E-state index contributed by atoms with van der Waals surface area (Å²) in [6.45, 7) is 2.74. The van der Waals surface area contributed by atoms with Gasteiger partial charge in [-0.15, -0.1) is 0 Å². The molecule has 0 bridgehead atoms. The smallest absolute Gasteiger partial charge is 0.223 e. The topological polar surface area (TPSA) is 44.3 Å². The van der Waals surface area contributed by atoms with E-state index in [2.05, 4.69) is 0 Å². The second kappa shape index (κ2) is 2.56. The Labute approximate surface area is 59.2 Å². The van der Waals surface area contributed by atoms with Gasteiger partial charge in [0.2, 0.25) is 11.9 Å². The van der Waals surface area contributed by atoms with Crippen LogP contribution in [0.25, 0.3) is 0 Å². The van der Waals surface area contributed by atoms with Crippen molar-refractivity contribution in [2.45, 2.75) is 13.5 Å². The molecule has 3 heteroatoms. The average Bonchev–Trinajstić information content (AvgIpc) is 1.95. The van der Waals surface area contributed by atoms with E-state index in [1.54, 1.807) is 10.8 Å². The number of pyridine rings is 1. The van der Waals surface area contributed by atoms with Crippen molar-refractivity contribution in [1.82, 2.24) is 0 Å². The predicted molar refractivity (Wildman–Crippen MR) is 35.6 cm³/mol. The van der Waals surface area contributed by atoms with E-state index in [9.17, 15) is 0 Å². The van der Waals surface area contributed by atoms with Gasteiger partial charge >= 0.3 is 0 Å². The molecule has 0 unspecified atom stereocenters. The fourth-order valence-electron chi connectivity index (χ4n) is 0.715. The summed E-state index contributed by atoms with van der Waals surface area (Å²) in [4.78, 5) is 0. The Balaban J connectivity index is 3.04. The predicted octanol–water partition coefficient (Wildman–Crippen LogP) is 0.405. The maximum atomic E-state index is 8.96. The first-order valence-corrected chi connectivity index (χ1v) is 3.15. The Morgan fingerprint density at radius 3 is 2.60 bits per heavy atom. The Bertz CT molecular complexity index is 235. The molecule has 1 rings (SSSR count). The van der Waals surface area contributed by atoms with Crippen LogP contribution in [0.4, 0.5) is 0 Å². The molecule has 0 atom stereocenters. The van der Waals surface area contributed by atoms with Gasteiger partial charge in [0.1, 0.15) is 6.54 Å². The Kier molecular flexibility index (Phi) is 1.76. The molecule has 2 N–H and O–H groups in total. The maximum absolute atomic E-state index is 8.96. The van der Waals surface area contributed by atoms with Crippen LogP contribution in [0, 0.1) is 0 Å². The van der Waals surface area contributed by atoms with Crippen LogP contribution in [0.15, 0.2) is 18.5 Å². The summed E-state index contributed by atoms with van der Waals surface area (Å²) in [7, 11) is 0. The highest BCUT2D eigenvalue weighted by atomic mass is 16.3. The second-order valence-electron chi connectivity index (χ2n) is 2.05. The minimum absolute atomic E-state index is 0.0790. The summed E-state index contributed by atoms with van der Waals surface area (Å²) in [6, 6.07) is 1.46. The van der Waals surface area contributed by atoms with Crippen LogP contribution in [-0.2, 0) is 6.54 Å². The number of hydrogen-bond donors (Lipinski definition) is 2. The molecule has 0 aromatic carbocycles. The van der Waals surface area contributed by atoms with Crippen LogP contribution >= 0.6 is 0 Å². The Morgan fingerprint density at radius 1 is 1.40 bits per heavy atom. The molecule has 0 aliphatic carbocycles. The highest BCUT2D eigenvalue weighted by molar-refractivity contribution is 5.31. The highest BCUT2D eigenvalue weighted by Crippen LogP contribution is 2.19. The summed E-state index contributed by atoms with van der Waals surface area (Å²) in [5, 5.41) is 17.8. The zero-order valence-electron chi connectivity index (χ0n) is 5.78. The normalized spacial score (nSPS) is 9.70. The summed E-state index contributed by atoms with van der Waals surface area (Å²) in [5.74, 6) is -0.158. The van der Waals surface area contributed by atoms with Gasteiger partial charge < -0.3 is 10.2 Å². The summed E-state index contributed by atoms with van der Waals surface area (Å²) >= 11 is 0. The molecule has 0 saturated heterocycles. The van der Waals surface area contributed by atoms with E-state index in [-0.39, 0.29) is 11.5 Å². The van der Waals surface area contributed by atoms with Crippen molar-refractivity contribution in [3.8, 4) is 11.5 Å². The van der Waals surface area contributed by atoms with Gasteiger partial charge in [0.15, 0.2) is 11.9 Å². The van der Waals surface area contributed by atoms with Gasteiger partial charge in [-0.05, 0) is 6.92 Å². The van der Waals surface area contributed by atoms with Crippen molar-refractivity contribution in [3.63, 3.8) is 0 Å². The van der Waals surface area contributed by atoms with Crippen molar-refractivity contribution >= 4 is 0 Å². The molecule has 1 aromatic heterocycles. The van der Waals surface area contributed by atoms with Gasteiger partial charge in [-0.2, -0.15) is 0 Å². The van der Waals surface area contributed by atoms with E-state index in [1.165, 1.54) is 12.3 Å². The fraction of sp³-hybridized carbons (Fsp3) is 0.286. The number of hydrogen-bond acceptors (Lipinski definition) is 2. The molecule has 0 radical (unpaired) electrons. The van der Waals surface area contributed by atoms with Gasteiger partial charge in [-0.1, -0.05) is 0 Å².